The second-order valence-electron chi connectivity index (χ2n) is 6.15. The van der Waals surface area contributed by atoms with Gasteiger partial charge in [0.1, 0.15) is 11.9 Å². The summed E-state index contributed by atoms with van der Waals surface area (Å²) in [6.45, 7) is 4.63. The van der Waals surface area contributed by atoms with Gasteiger partial charge in [0.2, 0.25) is 0 Å². The first-order valence-electron chi connectivity index (χ1n) is 8.55. The van der Waals surface area contributed by atoms with Crippen LogP contribution in [-0.4, -0.2) is 37.6 Å². The van der Waals surface area contributed by atoms with Gasteiger partial charge in [0.05, 0.1) is 13.2 Å². The first-order chi connectivity index (χ1) is 12.2. The van der Waals surface area contributed by atoms with Gasteiger partial charge in [-0.25, -0.2) is 4.39 Å². The van der Waals surface area contributed by atoms with Crippen LogP contribution in [0.2, 0.25) is 0 Å². The third-order valence-electron chi connectivity index (χ3n) is 4.51. The van der Waals surface area contributed by atoms with Crippen LogP contribution in [0.1, 0.15) is 22.8 Å². The molecule has 3 rings (SSSR count). The maximum absolute atomic E-state index is 13.8. The SMILES string of the molecule is CN=C(NCc1ccccc1F)N1CCOC(c2ccccc2C)C1.I. The zero-order chi connectivity index (χ0) is 17.6. The van der Waals surface area contributed by atoms with Gasteiger partial charge in [-0.05, 0) is 24.1 Å². The Kier molecular flexibility index (Phi) is 7.84. The summed E-state index contributed by atoms with van der Waals surface area (Å²) in [7, 11) is 1.75. The van der Waals surface area contributed by atoms with Crippen LogP contribution in [-0.2, 0) is 11.3 Å². The van der Waals surface area contributed by atoms with Crippen LogP contribution in [0.5, 0.6) is 0 Å². The Hall–Kier alpha value is -1.67. The summed E-state index contributed by atoms with van der Waals surface area (Å²) in [6, 6.07) is 15.1. The molecule has 2 aromatic rings. The number of morpholine rings is 1. The fourth-order valence-electron chi connectivity index (χ4n) is 3.13. The topological polar surface area (TPSA) is 36.9 Å². The van der Waals surface area contributed by atoms with Crippen LogP contribution in [0.25, 0.3) is 0 Å². The molecule has 140 valence electrons. The molecular weight excluding hydrogens is 444 g/mol. The zero-order valence-electron chi connectivity index (χ0n) is 15.1. The highest BCUT2D eigenvalue weighted by atomic mass is 127. The van der Waals surface area contributed by atoms with Crippen LogP contribution >= 0.6 is 24.0 Å². The Morgan fingerprint density at radius 1 is 1.23 bits per heavy atom. The van der Waals surface area contributed by atoms with Gasteiger partial charge >= 0.3 is 0 Å². The fraction of sp³-hybridized carbons (Fsp3) is 0.350. The molecule has 0 spiro atoms. The van der Waals surface area contributed by atoms with Gasteiger partial charge in [0.15, 0.2) is 5.96 Å². The lowest BCUT2D eigenvalue weighted by Gasteiger charge is -2.35. The molecular formula is C20H25FIN3O. The van der Waals surface area contributed by atoms with Gasteiger partial charge in [-0.15, -0.1) is 24.0 Å². The summed E-state index contributed by atoms with van der Waals surface area (Å²) in [4.78, 5) is 6.53. The van der Waals surface area contributed by atoms with Crippen LogP contribution < -0.4 is 5.32 Å². The van der Waals surface area contributed by atoms with Crippen molar-refractivity contribution >= 4 is 29.9 Å². The molecule has 1 aliphatic heterocycles. The predicted molar refractivity (Wildman–Crippen MR) is 113 cm³/mol. The molecule has 1 saturated heterocycles. The Morgan fingerprint density at radius 2 is 1.96 bits per heavy atom. The molecule has 26 heavy (non-hydrogen) atoms. The van der Waals surface area contributed by atoms with Gasteiger partial charge in [0.25, 0.3) is 0 Å². The number of nitrogens with zero attached hydrogens (tertiary/aromatic N) is 2. The van der Waals surface area contributed by atoms with E-state index in [9.17, 15) is 4.39 Å². The number of hydrogen-bond acceptors (Lipinski definition) is 2. The monoisotopic (exact) mass is 469 g/mol. The minimum atomic E-state index is -0.204. The third-order valence-corrected chi connectivity index (χ3v) is 4.51. The van der Waals surface area contributed by atoms with E-state index in [0.29, 0.717) is 18.7 Å². The van der Waals surface area contributed by atoms with Crippen molar-refractivity contribution in [2.45, 2.75) is 19.6 Å². The molecule has 1 unspecified atom stereocenters. The van der Waals surface area contributed by atoms with Crippen molar-refractivity contribution in [3.8, 4) is 0 Å². The normalized spacial score (nSPS) is 17.6. The largest absolute Gasteiger partial charge is 0.370 e. The van der Waals surface area contributed by atoms with Crippen LogP contribution in [0, 0.1) is 12.7 Å². The van der Waals surface area contributed by atoms with Crippen LogP contribution in [0.4, 0.5) is 4.39 Å². The number of hydrogen-bond donors (Lipinski definition) is 1. The average molecular weight is 469 g/mol. The first-order valence-corrected chi connectivity index (χ1v) is 8.55. The summed E-state index contributed by atoms with van der Waals surface area (Å²) in [6.07, 6.45) is 0.0157. The lowest BCUT2D eigenvalue weighted by molar-refractivity contribution is -0.00834. The molecule has 1 aliphatic rings. The molecule has 1 atom stereocenters. The minimum absolute atomic E-state index is 0. The van der Waals surface area contributed by atoms with E-state index in [-0.39, 0.29) is 35.9 Å². The molecule has 0 aromatic heterocycles. The van der Waals surface area contributed by atoms with E-state index in [1.807, 2.05) is 18.2 Å². The smallest absolute Gasteiger partial charge is 0.194 e. The third kappa shape index (κ3) is 4.94. The quantitative estimate of drug-likeness (QED) is 0.421. The summed E-state index contributed by atoms with van der Waals surface area (Å²) < 4.78 is 19.8. The van der Waals surface area contributed by atoms with Crippen molar-refractivity contribution in [3.63, 3.8) is 0 Å². The van der Waals surface area contributed by atoms with Crippen molar-refractivity contribution < 1.29 is 9.13 Å². The van der Waals surface area contributed by atoms with Gasteiger partial charge in [-0.2, -0.15) is 0 Å². The van der Waals surface area contributed by atoms with E-state index < -0.39 is 0 Å². The molecule has 1 heterocycles. The number of aliphatic imine (C=N–C) groups is 1. The minimum Gasteiger partial charge on any atom is -0.370 e. The lowest BCUT2D eigenvalue weighted by atomic mass is 10.0. The van der Waals surface area contributed by atoms with Crippen LogP contribution in [0.3, 0.4) is 0 Å². The Morgan fingerprint density at radius 3 is 2.69 bits per heavy atom. The fourth-order valence-corrected chi connectivity index (χ4v) is 3.13. The van der Waals surface area contributed by atoms with Gasteiger partial charge in [-0.1, -0.05) is 42.5 Å². The molecule has 1 fully saturated rings. The van der Waals surface area contributed by atoms with Gasteiger partial charge in [0, 0.05) is 25.7 Å². The zero-order valence-corrected chi connectivity index (χ0v) is 17.4. The van der Waals surface area contributed by atoms with Crippen molar-refractivity contribution in [3.05, 3.63) is 71.0 Å². The van der Waals surface area contributed by atoms with E-state index in [0.717, 1.165) is 19.0 Å². The van der Waals surface area contributed by atoms with E-state index in [4.69, 9.17) is 4.74 Å². The number of aryl methyl sites for hydroxylation is 1. The molecule has 6 heteroatoms. The predicted octanol–water partition coefficient (Wildman–Crippen LogP) is 3.90. The molecule has 0 radical (unpaired) electrons. The number of nitrogens with one attached hydrogen (secondary N) is 1. The first kappa shape index (κ1) is 20.6. The standard InChI is InChI=1S/C20H24FN3O.HI/c1-15-7-3-5-9-17(15)19-14-24(11-12-25-19)20(22-2)23-13-16-8-4-6-10-18(16)21;/h3-10,19H,11-14H2,1-2H3,(H,22,23);1H. The van der Waals surface area contributed by atoms with Crippen LogP contribution in [0.15, 0.2) is 53.5 Å². The number of rotatable bonds is 3. The molecule has 2 aromatic carbocycles. The lowest BCUT2D eigenvalue weighted by Crippen LogP contribution is -2.48. The van der Waals surface area contributed by atoms with E-state index in [1.54, 1.807) is 19.2 Å². The summed E-state index contributed by atoms with van der Waals surface area (Å²) >= 11 is 0. The Labute approximate surface area is 171 Å². The van der Waals surface area contributed by atoms with E-state index in [1.165, 1.54) is 17.2 Å². The number of benzene rings is 2. The highest BCUT2D eigenvalue weighted by Crippen LogP contribution is 2.25. The molecule has 1 N–H and O–H groups in total. The molecule has 4 nitrogen and oxygen atoms in total. The number of halogens is 2. The molecule has 0 aliphatic carbocycles. The second kappa shape index (κ2) is 9.87. The maximum Gasteiger partial charge on any atom is 0.194 e. The van der Waals surface area contributed by atoms with E-state index in [2.05, 4.69) is 34.3 Å². The Balaban J connectivity index is 0.00000243. The highest BCUT2D eigenvalue weighted by Gasteiger charge is 2.25. The van der Waals surface area contributed by atoms with E-state index >= 15 is 0 Å². The molecule has 0 amide bonds. The Bertz CT molecular complexity index is 753. The van der Waals surface area contributed by atoms with Gasteiger partial charge in [-0.3, -0.25) is 4.99 Å². The maximum atomic E-state index is 13.8. The summed E-state index contributed by atoms with van der Waals surface area (Å²) in [5.74, 6) is 0.565. The van der Waals surface area contributed by atoms with Crippen molar-refractivity contribution in [2.24, 2.45) is 4.99 Å². The van der Waals surface area contributed by atoms with Crippen molar-refractivity contribution in [1.82, 2.24) is 10.2 Å². The average Bonchev–Trinajstić information content (AvgIpc) is 2.64. The second-order valence-corrected chi connectivity index (χ2v) is 6.15. The summed E-state index contributed by atoms with van der Waals surface area (Å²) in [5.41, 5.74) is 3.06. The van der Waals surface area contributed by atoms with Crippen molar-refractivity contribution in [1.29, 1.82) is 0 Å². The molecule has 0 bridgehead atoms. The highest BCUT2D eigenvalue weighted by molar-refractivity contribution is 14.0. The van der Waals surface area contributed by atoms with Gasteiger partial charge < -0.3 is 15.0 Å². The molecule has 0 saturated carbocycles. The number of guanidine groups is 1. The number of ether oxygens (including phenoxy) is 1. The summed E-state index contributed by atoms with van der Waals surface area (Å²) in [5, 5.41) is 3.26. The van der Waals surface area contributed by atoms with Crippen molar-refractivity contribution in [2.75, 3.05) is 26.7 Å².